The van der Waals surface area contributed by atoms with Gasteiger partial charge in [-0.3, -0.25) is 9.59 Å². The molecule has 0 radical (unpaired) electrons. The minimum Gasteiger partial charge on any atom is -0.466 e. The molecule has 0 bridgehead atoms. The van der Waals surface area contributed by atoms with Crippen molar-refractivity contribution in [3.8, 4) is 0 Å². The Morgan fingerprint density at radius 2 is 2.05 bits per heavy atom. The van der Waals surface area contributed by atoms with Crippen molar-refractivity contribution in [2.24, 2.45) is 28.6 Å². The van der Waals surface area contributed by atoms with Crippen molar-refractivity contribution in [2.45, 2.75) is 25.8 Å². The average molecular weight is 270 g/mol. The van der Waals surface area contributed by atoms with Crippen molar-refractivity contribution in [1.29, 1.82) is 0 Å². The van der Waals surface area contributed by atoms with E-state index in [9.17, 15) is 9.59 Å². The average Bonchev–Trinajstić information content (AvgIpc) is 3.05. The molecule has 2 aliphatic rings. The lowest BCUT2D eigenvalue weighted by Gasteiger charge is -2.24. The lowest BCUT2D eigenvalue weighted by molar-refractivity contribution is -0.151. The quantitative estimate of drug-likeness (QED) is 0.419. The van der Waals surface area contributed by atoms with Crippen LogP contribution in [0, 0.1) is 17.8 Å². The maximum atomic E-state index is 12.0. The van der Waals surface area contributed by atoms with Crippen molar-refractivity contribution < 1.29 is 24.3 Å². The molecule has 2 fully saturated rings. The fraction of sp³-hybridized carbons (Fsp3) is 0.750. The SMILES string of the molecule is CCOC(=O)C1C2C(=NO)CC(N)(C(=O)OCC)C12. The van der Waals surface area contributed by atoms with Crippen molar-refractivity contribution in [3.05, 3.63) is 0 Å². The van der Waals surface area contributed by atoms with Crippen molar-refractivity contribution in [3.63, 3.8) is 0 Å². The molecule has 0 saturated heterocycles. The molecule has 0 aromatic rings. The zero-order valence-electron chi connectivity index (χ0n) is 11.0. The van der Waals surface area contributed by atoms with Gasteiger partial charge < -0.3 is 20.4 Å². The van der Waals surface area contributed by atoms with Crippen LogP contribution >= 0.6 is 0 Å². The number of rotatable bonds is 4. The Morgan fingerprint density at radius 3 is 2.58 bits per heavy atom. The smallest absolute Gasteiger partial charge is 0.326 e. The van der Waals surface area contributed by atoms with E-state index in [0.717, 1.165) is 0 Å². The fourth-order valence-electron chi connectivity index (χ4n) is 3.01. The third-order valence-corrected chi connectivity index (χ3v) is 3.82. The van der Waals surface area contributed by atoms with Crippen LogP contribution < -0.4 is 5.73 Å². The van der Waals surface area contributed by atoms with Gasteiger partial charge >= 0.3 is 11.9 Å². The molecule has 0 aromatic carbocycles. The van der Waals surface area contributed by atoms with Crippen LogP contribution in [0.3, 0.4) is 0 Å². The predicted octanol–water partition coefficient (Wildman–Crippen LogP) is -0.0938. The number of ether oxygens (including phenoxy) is 2. The first-order chi connectivity index (χ1) is 9.01. The molecule has 0 amide bonds. The molecule has 4 unspecified atom stereocenters. The lowest BCUT2D eigenvalue weighted by Crippen LogP contribution is -2.51. The standard InChI is InChI=1S/C12H18N2O5/c1-3-18-10(15)8-7-6(14-17)5-12(13,9(7)8)11(16)19-4-2/h7-9,17H,3-5,13H2,1-2H3. The maximum absolute atomic E-state index is 12.0. The first-order valence-electron chi connectivity index (χ1n) is 6.34. The number of nitrogens with zero attached hydrogens (tertiary/aromatic N) is 1. The molecule has 2 rings (SSSR count). The van der Waals surface area contributed by atoms with Gasteiger partial charge in [-0.05, 0) is 13.8 Å². The topological polar surface area (TPSA) is 111 Å². The summed E-state index contributed by atoms with van der Waals surface area (Å²) in [6, 6.07) is 0. The van der Waals surface area contributed by atoms with Gasteiger partial charge in [-0.15, -0.1) is 0 Å². The van der Waals surface area contributed by atoms with E-state index in [1.54, 1.807) is 13.8 Å². The number of hydrogen-bond donors (Lipinski definition) is 2. The Bertz CT molecular complexity index is 436. The van der Waals surface area contributed by atoms with E-state index >= 15 is 0 Å². The third-order valence-electron chi connectivity index (χ3n) is 3.82. The highest BCUT2D eigenvalue weighted by atomic mass is 16.5. The van der Waals surface area contributed by atoms with Crippen molar-refractivity contribution >= 4 is 17.7 Å². The van der Waals surface area contributed by atoms with Gasteiger partial charge in [0.2, 0.25) is 0 Å². The number of oxime groups is 1. The number of carbonyl (C=O) groups is 2. The fourth-order valence-corrected chi connectivity index (χ4v) is 3.01. The molecule has 19 heavy (non-hydrogen) atoms. The Kier molecular flexibility index (Phi) is 3.49. The van der Waals surface area contributed by atoms with E-state index < -0.39 is 29.3 Å². The van der Waals surface area contributed by atoms with E-state index in [4.69, 9.17) is 20.4 Å². The number of hydrogen-bond acceptors (Lipinski definition) is 7. The summed E-state index contributed by atoms with van der Waals surface area (Å²) in [4.78, 5) is 23.7. The molecular formula is C12H18N2O5. The molecule has 0 heterocycles. The van der Waals surface area contributed by atoms with Gasteiger partial charge in [-0.2, -0.15) is 0 Å². The van der Waals surface area contributed by atoms with Gasteiger partial charge in [0.1, 0.15) is 5.54 Å². The summed E-state index contributed by atoms with van der Waals surface area (Å²) < 4.78 is 9.90. The summed E-state index contributed by atoms with van der Waals surface area (Å²) in [6.45, 7) is 3.87. The van der Waals surface area contributed by atoms with Crippen molar-refractivity contribution in [1.82, 2.24) is 0 Å². The Hall–Kier alpha value is -1.63. The number of esters is 2. The van der Waals surface area contributed by atoms with Crippen LogP contribution in [-0.2, 0) is 19.1 Å². The first-order valence-corrected chi connectivity index (χ1v) is 6.34. The van der Waals surface area contributed by atoms with Crippen LogP contribution in [0.5, 0.6) is 0 Å². The largest absolute Gasteiger partial charge is 0.466 e. The molecule has 2 aliphatic carbocycles. The van der Waals surface area contributed by atoms with Gasteiger partial charge in [0.25, 0.3) is 0 Å². The molecule has 7 heteroatoms. The van der Waals surface area contributed by atoms with Crippen LogP contribution in [0.1, 0.15) is 20.3 Å². The second-order valence-corrected chi connectivity index (χ2v) is 4.86. The van der Waals surface area contributed by atoms with Crippen LogP contribution in [0.4, 0.5) is 0 Å². The summed E-state index contributed by atoms with van der Waals surface area (Å²) in [5, 5.41) is 12.1. The Morgan fingerprint density at radius 1 is 1.42 bits per heavy atom. The second kappa shape index (κ2) is 4.80. The van der Waals surface area contributed by atoms with Crippen LogP contribution in [0.25, 0.3) is 0 Å². The van der Waals surface area contributed by atoms with Gasteiger partial charge in [0, 0.05) is 18.3 Å². The first kappa shape index (κ1) is 13.8. The molecule has 106 valence electrons. The van der Waals surface area contributed by atoms with Crippen LogP contribution in [-0.4, -0.2) is 41.6 Å². The van der Waals surface area contributed by atoms with E-state index in [0.29, 0.717) is 5.71 Å². The summed E-state index contributed by atoms with van der Waals surface area (Å²) in [5.74, 6) is -2.17. The third kappa shape index (κ3) is 1.98. The normalized spacial score (nSPS) is 37.8. The van der Waals surface area contributed by atoms with E-state index in [1.807, 2.05) is 0 Å². The molecule has 2 saturated carbocycles. The molecule has 0 spiro atoms. The Balaban J connectivity index is 2.21. The highest BCUT2D eigenvalue weighted by Crippen LogP contribution is 2.60. The molecule has 0 aliphatic heterocycles. The lowest BCUT2D eigenvalue weighted by atomic mass is 9.91. The highest BCUT2D eigenvalue weighted by molar-refractivity contribution is 6.05. The molecule has 7 nitrogen and oxygen atoms in total. The number of carbonyl (C=O) groups excluding carboxylic acids is 2. The minimum absolute atomic E-state index is 0.119. The van der Waals surface area contributed by atoms with Crippen LogP contribution in [0.2, 0.25) is 0 Å². The summed E-state index contributed by atoms with van der Waals surface area (Å²) in [7, 11) is 0. The monoisotopic (exact) mass is 270 g/mol. The maximum Gasteiger partial charge on any atom is 0.326 e. The summed E-state index contributed by atoms with van der Waals surface area (Å²) >= 11 is 0. The van der Waals surface area contributed by atoms with E-state index in [1.165, 1.54) is 0 Å². The van der Waals surface area contributed by atoms with Gasteiger partial charge in [0.05, 0.1) is 24.8 Å². The van der Waals surface area contributed by atoms with E-state index in [2.05, 4.69) is 5.16 Å². The van der Waals surface area contributed by atoms with Gasteiger partial charge in [0.15, 0.2) is 0 Å². The zero-order valence-corrected chi connectivity index (χ0v) is 11.0. The number of nitrogens with two attached hydrogens (primary N) is 1. The van der Waals surface area contributed by atoms with E-state index in [-0.39, 0.29) is 25.6 Å². The molecule has 3 N–H and O–H groups in total. The van der Waals surface area contributed by atoms with Crippen LogP contribution in [0.15, 0.2) is 5.16 Å². The molecule has 4 atom stereocenters. The number of fused-ring (bicyclic) bond motifs is 1. The van der Waals surface area contributed by atoms with Gasteiger partial charge in [-0.25, -0.2) is 0 Å². The summed E-state index contributed by atoms with van der Waals surface area (Å²) in [5.41, 5.74) is 5.17. The summed E-state index contributed by atoms with van der Waals surface area (Å²) in [6.07, 6.45) is 0.119. The second-order valence-electron chi connectivity index (χ2n) is 4.86. The Labute approximate surface area is 110 Å². The highest BCUT2D eigenvalue weighted by Gasteiger charge is 2.74. The van der Waals surface area contributed by atoms with Crippen molar-refractivity contribution in [2.75, 3.05) is 13.2 Å². The predicted molar refractivity (Wildman–Crippen MR) is 64.5 cm³/mol. The minimum atomic E-state index is -1.29. The van der Waals surface area contributed by atoms with Gasteiger partial charge in [-0.1, -0.05) is 5.16 Å². The zero-order chi connectivity index (χ0) is 14.2. The molecule has 0 aromatic heterocycles. The molecular weight excluding hydrogens is 252 g/mol.